The Morgan fingerprint density at radius 3 is 2.80 bits per heavy atom. The number of hydrogen-bond donors (Lipinski definition) is 2. The van der Waals surface area contributed by atoms with E-state index in [0.29, 0.717) is 16.8 Å². The van der Waals surface area contributed by atoms with Gasteiger partial charge in [-0.3, -0.25) is 4.99 Å². The lowest BCUT2D eigenvalue weighted by Crippen LogP contribution is -2.41. The van der Waals surface area contributed by atoms with E-state index < -0.39 is 6.10 Å². The fourth-order valence-corrected chi connectivity index (χ4v) is 4.26. The highest BCUT2D eigenvalue weighted by molar-refractivity contribution is 7.16. The average molecular weight is 387 g/mol. The van der Waals surface area contributed by atoms with Crippen molar-refractivity contribution in [3.8, 4) is 0 Å². The highest BCUT2D eigenvalue weighted by Gasteiger charge is 2.26. The van der Waals surface area contributed by atoms with Crippen molar-refractivity contribution in [2.75, 3.05) is 45.8 Å². The molecule has 7 heteroatoms. The van der Waals surface area contributed by atoms with Crippen LogP contribution in [0.3, 0.4) is 0 Å². The molecule has 1 aromatic rings. The molecule has 0 spiro atoms. The average Bonchev–Trinajstić information content (AvgIpc) is 3.25. The van der Waals surface area contributed by atoms with E-state index in [4.69, 9.17) is 11.6 Å². The predicted molar refractivity (Wildman–Crippen MR) is 108 cm³/mol. The van der Waals surface area contributed by atoms with Crippen molar-refractivity contribution in [3.05, 3.63) is 21.3 Å². The van der Waals surface area contributed by atoms with Gasteiger partial charge in [0.2, 0.25) is 0 Å². The minimum absolute atomic E-state index is 0.358. The highest BCUT2D eigenvalue weighted by Crippen LogP contribution is 2.27. The van der Waals surface area contributed by atoms with Crippen LogP contribution in [0.2, 0.25) is 4.34 Å². The Morgan fingerprint density at radius 2 is 2.20 bits per heavy atom. The first kappa shape index (κ1) is 20.5. The summed E-state index contributed by atoms with van der Waals surface area (Å²) in [6.07, 6.45) is 0.601. The number of aliphatic hydroxyl groups excluding tert-OH is 1. The smallest absolute Gasteiger partial charge is 0.194 e. The van der Waals surface area contributed by atoms with Crippen molar-refractivity contribution in [1.82, 2.24) is 15.1 Å². The van der Waals surface area contributed by atoms with Gasteiger partial charge in [-0.1, -0.05) is 25.4 Å². The number of hydrogen-bond acceptors (Lipinski definition) is 4. The summed E-state index contributed by atoms with van der Waals surface area (Å²) in [7, 11) is 0. The van der Waals surface area contributed by atoms with Crippen LogP contribution in [0.25, 0.3) is 0 Å². The molecule has 0 aliphatic carbocycles. The van der Waals surface area contributed by atoms with E-state index >= 15 is 0 Å². The lowest BCUT2D eigenvalue weighted by Gasteiger charge is -2.24. The number of nitrogens with zero attached hydrogens (tertiary/aromatic N) is 3. The number of thiophene rings is 1. The van der Waals surface area contributed by atoms with E-state index in [0.717, 1.165) is 50.1 Å². The molecule has 2 rings (SSSR count). The Labute approximate surface area is 160 Å². The SMILES string of the molecule is CCNC(=NCC(O)c1ccc(Cl)s1)N1CCC(CN(CC)CC)C1. The second kappa shape index (κ2) is 10.4. The van der Waals surface area contributed by atoms with Crippen molar-refractivity contribution in [3.63, 3.8) is 0 Å². The van der Waals surface area contributed by atoms with Gasteiger partial charge < -0.3 is 20.2 Å². The molecule has 1 aliphatic rings. The second-order valence-electron chi connectivity index (χ2n) is 6.44. The zero-order valence-corrected chi connectivity index (χ0v) is 17.1. The standard InChI is InChI=1S/C18H31ClN4OS/c1-4-20-18(21-11-15(24)16-7-8-17(19)25-16)23-10-9-14(13-23)12-22(5-2)6-3/h7-8,14-15,24H,4-6,9-13H2,1-3H3,(H,20,21). The minimum Gasteiger partial charge on any atom is -0.386 e. The van der Waals surface area contributed by atoms with Crippen LogP contribution in [0.15, 0.2) is 17.1 Å². The normalized spacial score (nSPS) is 19.7. The topological polar surface area (TPSA) is 51.1 Å². The van der Waals surface area contributed by atoms with Crippen LogP contribution in [-0.4, -0.2) is 66.7 Å². The summed E-state index contributed by atoms with van der Waals surface area (Å²) in [6, 6.07) is 3.69. The molecule has 1 aromatic heterocycles. The lowest BCUT2D eigenvalue weighted by atomic mass is 10.1. The van der Waals surface area contributed by atoms with E-state index in [-0.39, 0.29) is 0 Å². The predicted octanol–water partition coefficient (Wildman–Crippen LogP) is 3.06. The maximum absolute atomic E-state index is 10.3. The molecule has 142 valence electrons. The van der Waals surface area contributed by atoms with E-state index in [1.54, 1.807) is 0 Å². The monoisotopic (exact) mass is 386 g/mol. The van der Waals surface area contributed by atoms with Gasteiger partial charge in [0, 0.05) is 31.1 Å². The molecule has 2 N–H and O–H groups in total. The number of guanidine groups is 1. The van der Waals surface area contributed by atoms with Gasteiger partial charge in [0.25, 0.3) is 0 Å². The number of rotatable bonds is 8. The zero-order chi connectivity index (χ0) is 18.2. The molecular weight excluding hydrogens is 356 g/mol. The van der Waals surface area contributed by atoms with Gasteiger partial charge in [-0.15, -0.1) is 11.3 Å². The molecule has 1 fully saturated rings. The maximum atomic E-state index is 10.3. The molecule has 5 nitrogen and oxygen atoms in total. The molecule has 25 heavy (non-hydrogen) atoms. The second-order valence-corrected chi connectivity index (χ2v) is 8.19. The van der Waals surface area contributed by atoms with Gasteiger partial charge in [-0.25, -0.2) is 0 Å². The summed E-state index contributed by atoms with van der Waals surface area (Å²) in [5, 5.41) is 13.7. The molecule has 0 saturated carbocycles. The summed E-state index contributed by atoms with van der Waals surface area (Å²) in [5.41, 5.74) is 0. The van der Waals surface area contributed by atoms with Gasteiger partial charge in [-0.05, 0) is 44.5 Å². The van der Waals surface area contributed by atoms with Crippen LogP contribution < -0.4 is 5.32 Å². The van der Waals surface area contributed by atoms with Crippen LogP contribution in [-0.2, 0) is 0 Å². The molecule has 1 aliphatic heterocycles. The number of nitrogens with one attached hydrogen (secondary N) is 1. The summed E-state index contributed by atoms with van der Waals surface area (Å²) >= 11 is 7.36. The first-order chi connectivity index (χ1) is 12.1. The van der Waals surface area contributed by atoms with Crippen molar-refractivity contribution >= 4 is 28.9 Å². The van der Waals surface area contributed by atoms with E-state index in [1.807, 2.05) is 12.1 Å². The summed E-state index contributed by atoms with van der Waals surface area (Å²) in [5.74, 6) is 1.59. The Balaban J connectivity index is 1.93. The minimum atomic E-state index is -0.597. The van der Waals surface area contributed by atoms with Gasteiger partial charge >= 0.3 is 0 Å². The van der Waals surface area contributed by atoms with Crippen molar-refractivity contribution in [2.24, 2.45) is 10.9 Å². The largest absolute Gasteiger partial charge is 0.386 e. The van der Waals surface area contributed by atoms with Gasteiger partial charge in [0.05, 0.1) is 10.9 Å². The molecule has 0 aromatic carbocycles. The Hall–Kier alpha value is -0.820. The summed E-state index contributed by atoms with van der Waals surface area (Å²) in [6.45, 7) is 13.1. The van der Waals surface area contributed by atoms with Crippen LogP contribution in [0, 0.1) is 5.92 Å². The molecule has 0 amide bonds. The number of halogens is 1. The third-order valence-corrected chi connectivity index (χ3v) is 6.00. The fourth-order valence-electron chi connectivity index (χ4n) is 3.22. The number of aliphatic hydroxyl groups is 1. The molecule has 2 unspecified atom stereocenters. The molecular formula is C18H31ClN4OS. The first-order valence-electron chi connectivity index (χ1n) is 9.26. The van der Waals surface area contributed by atoms with Gasteiger partial charge in [0.15, 0.2) is 5.96 Å². The number of aliphatic imine (C=N–C) groups is 1. The van der Waals surface area contributed by atoms with Crippen molar-refractivity contribution in [2.45, 2.75) is 33.3 Å². The molecule has 1 saturated heterocycles. The van der Waals surface area contributed by atoms with Crippen LogP contribution in [0.4, 0.5) is 0 Å². The fraction of sp³-hybridized carbons (Fsp3) is 0.722. The van der Waals surface area contributed by atoms with E-state index in [2.05, 4.69) is 40.9 Å². The Bertz CT molecular complexity index is 547. The summed E-state index contributed by atoms with van der Waals surface area (Å²) in [4.78, 5) is 10.3. The van der Waals surface area contributed by atoms with Crippen LogP contribution in [0.1, 0.15) is 38.2 Å². The van der Waals surface area contributed by atoms with Crippen molar-refractivity contribution < 1.29 is 5.11 Å². The zero-order valence-electron chi connectivity index (χ0n) is 15.5. The quantitative estimate of drug-likeness (QED) is 0.532. The third-order valence-electron chi connectivity index (χ3n) is 4.67. The Morgan fingerprint density at radius 1 is 1.44 bits per heavy atom. The molecule has 0 bridgehead atoms. The maximum Gasteiger partial charge on any atom is 0.194 e. The molecule has 2 atom stereocenters. The van der Waals surface area contributed by atoms with Gasteiger partial charge in [-0.2, -0.15) is 0 Å². The van der Waals surface area contributed by atoms with Gasteiger partial charge in [0.1, 0.15) is 6.10 Å². The van der Waals surface area contributed by atoms with Crippen LogP contribution in [0.5, 0.6) is 0 Å². The lowest BCUT2D eigenvalue weighted by molar-refractivity contribution is 0.190. The van der Waals surface area contributed by atoms with Crippen LogP contribution >= 0.6 is 22.9 Å². The summed E-state index contributed by atoms with van der Waals surface area (Å²) < 4.78 is 0.698. The molecule has 0 radical (unpaired) electrons. The number of likely N-dealkylation sites (tertiary alicyclic amines) is 1. The highest BCUT2D eigenvalue weighted by atomic mass is 35.5. The third kappa shape index (κ3) is 6.13. The van der Waals surface area contributed by atoms with E-state index in [9.17, 15) is 5.11 Å². The first-order valence-corrected chi connectivity index (χ1v) is 10.5. The van der Waals surface area contributed by atoms with Crippen molar-refractivity contribution in [1.29, 1.82) is 0 Å². The Kier molecular flexibility index (Phi) is 8.49. The molecule has 2 heterocycles. The van der Waals surface area contributed by atoms with E-state index in [1.165, 1.54) is 17.8 Å².